The standard InChI is InChI=1S/C12H7ClF3N3/c1-17-11-6-10(12(14,15)16)18-19(11)9-4-2-8(7-13)3-5-9/h2-6H,7H2. The topological polar surface area (TPSA) is 22.2 Å². The fourth-order valence-electron chi connectivity index (χ4n) is 1.51. The molecule has 1 heterocycles. The second-order valence-electron chi connectivity index (χ2n) is 3.71. The lowest BCUT2D eigenvalue weighted by molar-refractivity contribution is -0.141. The molecule has 0 aliphatic rings. The summed E-state index contributed by atoms with van der Waals surface area (Å²) in [6.45, 7) is 6.91. The third-order valence-electron chi connectivity index (χ3n) is 2.43. The van der Waals surface area contributed by atoms with Crippen molar-refractivity contribution in [2.24, 2.45) is 0 Å². The second-order valence-corrected chi connectivity index (χ2v) is 3.98. The predicted octanol–water partition coefficient (Wildman–Crippen LogP) is 4.18. The molecule has 0 saturated heterocycles. The molecule has 7 heteroatoms. The highest BCUT2D eigenvalue weighted by atomic mass is 35.5. The van der Waals surface area contributed by atoms with E-state index in [1.807, 2.05) is 0 Å². The maximum absolute atomic E-state index is 12.6. The number of alkyl halides is 4. The van der Waals surface area contributed by atoms with Crippen molar-refractivity contribution >= 4 is 17.4 Å². The second kappa shape index (κ2) is 4.94. The van der Waals surface area contributed by atoms with Gasteiger partial charge in [0.1, 0.15) is 5.69 Å². The Labute approximate surface area is 112 Å². The minimum absolute atomic E-state index is 0.189. The molecule has 0 N–H and O–H groups in total. The summed E-state index contributed by atoms with van der Waals surface area (Å²) in [6, 6.07) is 7.21. The summed E-state index contributed by atoms with van der Waals surface area (Å²) in [5, 5.41) is 3.42. The Morgan fingerprint density at radius 1 is 1.26 bits per heavy atom. The molecule has 0 atom stereocenters. The van der Waals surface area contributed by atoms with E-state index in [1.54, 1.807) is 24.3 Å². The fraction of sp³-hybridized carbons (Fsp3) is 0.167. The number of aromatic nitrogens is 2. The number of rotatable bonds is 2. The summed E-state index contributed by atoms with van der Waals surface area (Å²) in [5.41, 5.74) is 0.133. The average Bonchev–Trinajstić information content (AvgIpc) is 2.83. The molecule has 1 aromatic carbocycles. The SMILES string of the molecule is [C-]#[N+]c1cc(C(F)(F)F)nn1-c1ccc(CCl)cc1. The van der Waals surface area contributed by atoms with Gasteiger partial charge in [0.2, 0.25) is 0 Å². The zero-order valence-corrected chi connectivity index (χ0v) is 10.2. The van der Waals surface area contributed by atoms with Gasteiger partial charge in [-0.05, 0) is 23.8 Å². The van der Waals surface area contributed by atoms with Crippen LogP contribution >= 0.6 is 11.6 Å². The van der Waals surface area contributed by atoms with Crippen LogP contribution in [0.5, 0.6) is 0 Å². The van der Waals surface area contributed by atoms with Gasteiger partial charge in [-0.1, -0.05) is 23.8 Å². The van der Waals surface area contributed by atoms with E-state index in [-0.39, 0.29) is 5.82 Å². The molecule has 0 unspecified atom stereocenters. The first-order valence-electron chi connectivity index (χ1n) is 5.15. The zero-order valence-electron chi connectivity index (χ0n) is 9.45. The first-order valence-corrected chi connectivity index (χ1v) is 5.69. The van der Waals surface area contributed by atoms with Gasteiger partial charge in [-0.2, -0.15) is 17.9 Å². The minimum Gasteiger partial charge on any atom is -0.362 e. The number of hydrogen-bond donors (Lipinski definition) is 0. The summed E-state index contributed by atoms with van der Waals surface area (Å²) in [5.74, 6) is 0.119. The Hall–Kier alpha value is -2.00. The molecule has 2 rings (SSSR count). The molecule has 2 aromatic rings. The van der Waals surface area contributed by atoms with Gasteiger partial charge in [-0.3, -0.25) is 0 Å². The minimum atomic E-state index is -4.57. The van der Waals surface area contributed by atoms with Crippen molar-refractivity contribution in [3.63, 3.8) is 0 Å². The van der Waals surface area contributed by atoms with Crippen molar-refractivity contribution < 1.29 is 13.2 Å². The van der Waals surface area contributed by atoms with Gasteiger partial charge < -0.3 is 4.85 Å². The van der Waals surface area contributed by atoms with Crippen LogP contribution < -0.4 is 0 Å². The van der Waals surface area contributed by atoms with Gasteiger partial charge >= 0.3 is 6.18 Å². The van der Waals surface area contributed by atoms with E-state index < -0.39 is 11.9 Å². The maximum Gasteiger partial charge on any atom is 0.435 e. The average molecular weight is 286 g/mol. The molecule has 19 heavy (non-hydrogen) atoms. The molecule has 0 saturated carbocycles. The van der Waals surface area contributed by atoms with Gasteiger partial charge in [0, 0.05) is 5.88 Å². The van der Waals surface area contributed by atoms with E-state index in [0.29, 0.717) is 11.6 Å². The van der Waals surface area contributed by atoms with E-state index in [0.717, 1.165) is 16.3 Å². The Morgan fingerprint density at radius 2 is 1.89 bits per heavy atom. The lowest BCUT2D eigenvalue weighted by Crippen LogP contribution is -2.07. The normalized spacial score (nSPS) is 11.3. The third kappa shape index (κ3) is 2.71. The molecular formula is C12H7ClF3N3. The molecule has 0 aliphatic heterocycles. The summed E-state index contributed by atoms with van der Waals surface area (Å²) >= 11 is 5.63. The highest BCUT2D eigenvalue weighted by molar-refractivity contribution is 6.17. The van der Waals surface area contributed by atoms with Crippen molar-refractivity contribution in [2.45, 2.75) is 12.1 Å². The molecule has 0 bridgehead atoms. The van der Waals surface area contributed by atoms with E-state index in [4.69, 9.17) is 18.2 Å². The molecular weight excluding hydrogens is 279 g/mol. The monoisotopic (exact) mass is 285 g/mol. The Bertz CT molecular complexity index is 623. The van der Waals surface area contributed by atoms with Gasteiger partial charge in [0.05, 0.1) is 0 Å². The largest absolute Gasteiger partial charge is 0.435 e. The highest BCUT2D eigenvalue weighted by Gasteiger charge is 2.36. The predicted molar refractivity (Wildman–Crippen MR) is 64.4 cm³/mol. The quantitative estimate of drug-likeness (QED) is 0.599. The number of halogens is 4. The number of benzene rings is 1. The van der Waals surface area contributed by atoms with Crippen LogP contribution in [-0.2, 0) is 12.1 Å². The molecule has 1 aromatic heterocycles. The highest BCUT2D eigenvalue weighted by Crippen LogP contribution is 2.32. The molecule has 3 nitrogen and oxygen atoms in total. The van der Waals surface area contributed by atoms with Crippen LogP contribution in [0.1, 0.15) is 11.3 Å². The third-order valence-corrected chi connectivity index (χ3v) is 2.74. The van der Waals surface area contributed by atoms with Crippen molar-refractivity contribution in [1.82, 2.24) is 9.78 Å². The fourth-order valence-corrected chi connectivity index (χ4v) is 1.68. The lowest BCUT2D eigenvalue weighted by Gasteiger charge is -2.01. The number of nitrogens with zero attached hydrogens (tertiary/aromatic N) is 3. The van der Waals surface area contributed by atoms with E-state index >= 15 is 0 Å². The van der Waals surface area contributed by atoms with E-state index in [9.17, 15) is 13.2 Å². The smallest absolute Gasteiger partial charge is 0.362 e. The molecule has 0 spiro atoms. The van der Waals surface area contributed by atoms with E-state index in [1.165, 1.54) is 0 Å². The van der Waals surface area contributed by atoms with Crippen LogP contribution in [0.4, 0.5) is 19.0 Å². The molecule has 0 aliphatic carbocycles. The molecule has 0 fully saturated rings. The first kappa shape index (κ1) is 13.4. The van der Waals surface area contributed by atoms with Gasteiger partial charge in [0.15, 0.2) is 5.69 Å². The van der Waals surface area contributed by atoms with Crippen molar-refractivity contribution in [3.8, 4) is 5.69 Å². The lowest BCUT2D eigenvalue weighted by atomic mass is 10.2. The van der Waals surface area contributed by atoms with E-state index in [2.05, 4.69) is 9.94 Å². The maximum atomic E-state index is 12.6. The van der Waals surface area contributed by atoms with Gasteiger partial charge in [-0.25, -0.2) is 0 Å². The van der Waals surface area contributed by atoms with Crippen LogP contribution in [-0.4, -0.2) is 9.78 Å². The van der Waals surface area contributed by atoms with Crippen molar-refractivity contribution in [3.05, 3.63) is 53.0 Å². The summed E-state index contributed by atoms with van der Waals surface area (Å²) in [7, 11) is 0. The Kier molecular flexibility index (Phi) is 3.49. The van der Waals surface area contributed by atoms with Crippen molar-refractivity contribution in [1.29, 1.82) is 0 Å². The summed E-state index contributed by atoms with van der Waals surface area (Å²) < 4.78 is 38.6. The van der Waals surface area contributed by atoms with Gasteiger partial charge in [0.25, 0.3) is 5.82 Å². The van der Waals surface area contributed by atoms with Crippen LogP contribution in [0, 0.1) is 6.57 Å². The van der Waals surface area contributed by atoms with Crippen LogP contribution in [0.3, 0.4) is 0 Å². The first-order chi connectivity index (χ1) is 8.95. The molecule has 0 amide bonds. The zero-order chi connectivity index (χ0) is 14.0. The summed E-state index contributed by atoms with van der Waals surface area (Å²) in [6.07, 6.45) is -4.57. The van der Waals surface area contributed by atoms with Crippen molar-refractivity contribution in [2.75, 3.05) is 0 Å². The van der Waals surface area contributed by atoms with Gasteiger partial charge in [-0.15, -0.1) is 11.6 Å². The molecule has 0 radical (unpaired) electrons. The number of hydrogen-bond acceptors (Lipinski definition) is 1. The Morgan fingerprint density at radius 3 is 2.37 bits per heavy atom. The molecule has 98 valence electrons. The summed E-state index contributed by atoms with van der Waals surface area (Å²) in [4.78, 5) is 3.05. The Balaban J connectivity index is 2.49. The van der Waals surface area contributed by atoms with Crippen LogP contribution in [0.2, 0.25) is 0 Å². The van der Waals surface area contributed by atoms with Crippen LogP contribution in [0.15, 0.2) is 30.3 Å². The van der Waals surface area contributed by atoms with Crippen LogP contribution in [0.25, 0.3) is 10.5 Å².